The summed E-state index contributed by atoms with van der Waals surface area (Å²) in [5.74, 6) is 0. The van der Waals surface area contributed by atoms with Crippen LogP contribution in [0.25, 0.3) is 11.1 Å². The molecule has 0 atom stereocenters. The molecular weight excluding hydrogens is 238 g/mol. The number of aldehydes is 1. The standard InChI is InChI=1S/C15H17NOSi/c1-18(2,3)15-6-4-13(5-7-15)14-8-12(11-17)9-16-10-14/h4-11H,1-3H3. The highest BCUT2D eigenvalue weighted by molar-refractivity contribution is 6.88. The van der Waals surface area contributed by atoms with Gasteiger partial charge in [0.25, 0.3) is 0 Å². The summed E-state index contributed by atoms with van der Waals surface area (Å²) in [6.07, 6.45) is 4.19. The first-order chi connectivity index (χ1) is 8.50. The molecule has 0 aliphatic heterocycles. The zero-order valence-corrected chi connectivity index (χ0v) is 12.0. The SMILES string of the molecule is C[Si](C)(C)c1ccc(-c2cncc(C=O)c2)cc1. The molecule has 0 fully saturated rings. The number of nitrogens with zero attached hydrogens (tertiary/aromatic N) is 1. The molecular formula is C15H17NOSi. The van der Waals surface area contributed by atoms with Crippen molar-refractivity contribution >= 4 is 19.5 Å². The molecule has 18 heavy (non-hydrogen) atoms. The van der Waals surface area contributed by atoms with E-state index in [1.54, 1.807) is 12.4 Å². The summed E-state index contributed by atoms with van der Waals surface area (Å²) in [5, 5.41) is 1.44. The predicted molar refractivity (Wildman–Crippen MR) is 78.0 cm³/mol. The van der Waals surface area contributed by atoms with Gasteiger partial charge in [-0.15, -0.1) is 0 Å². The van der Waals surface area contributed by atoms with E-state index >= 15 is 0 Å². The van der Waals surface area contributed by atoms with Crippen LogP contribution in [-0.4, -0.2) is 19.3 Å². The topological polar surface area (TPSA) is 30.0 Å². The molecule has 92 valence electrons. The lowest BCUT2D eigenvalue weighted by atomic mass is 10.1. The number of pyridine rings is 1. The van der Waals surface area contributed by atoms with Gasteiger partial charge in [0.05, 0.1) is 8.07 Å². The molecule has 0 aliphatic rings. The van der Waals surface area contributed by atoms with Crippen LogP contribution in [-0.2, 0) is 0 Å². The van der Waals surface area contributed by atoms with Crippen molar-refractivity contribution in [1.29, 1.82) is 0 Å². The maximum atomic E-state index is 10.7. The second-order valence-electron chi connectivity index (χ2n) is 5.45. The minimum absolute atomic E-state index is 0.613. The van der Waals surface area contributed by atoms with Gasteiger partial charge in [0, 0.05) is 23.5 Å². The summed E-state index contributed by atoms with van der Waals surface area (Å²) >= 11 is 0. The summed E-state index contributed by atoms with van der Waals surface area (Å²) in [6.45, 7) is 6.99. The minimum atomic E-state index is -1.25. The van der Waals surface area contributed by atoms with Crippen LogP contribution in [0.2, 0.25) is 19.6 Å². The van der Waals surface area contributed by atoms with Gasteiger partial charge >= 0.3 is 0 Å². The molecule has 1 heterocycles. The van der Waals surface area contributed by atoms with E-state index in [2.05, 4.69) is 48.9 Å². The van der Waals surface area contributed by atoms with Crippen molar-refractivity contribution in [2.45, 2.75) is 19.6 Å². The zero-order chi connectivity index (χ0) is 13.2. The molecule has 0 saturated carbocycles. The highest BCUT2D eigenvalue weighted by atomic mass is 28.3. The van der Waals surface area contributed by atoms with Gasteiger partial charge in [0.15, 0.2) is 6.29 Å². The van der Waals surface area contributed by atoms with Crippen molar-refractivity contribution in [3.05, 3.63) is 48.3 Å². The first-order valence-electron chi connectivity index (χ1n) is 6.02. The average Bonchev–Trinajstić information content (AvgIpc) is 2.38. The van der Waals surface area contributed by atoms with Gasteiger partial charge in [-0.3, -0.25) is 9.78 Å². The van der Waals surface area contributed by atoms with Crippen molar-refractivity contribution in [2.24, 2.45) is 0 Å². The number of benzene rings is 1. The average molecular weight is 255 g/mol. The first kappa shape index (κ1) is 12.7. The molecule has 0 amide bonds. The molecule has 0 aliphatic carbocycles. The third kappa shape index (κ3) is 2.74. The molecule has 0 radical (unpaired) electrons. The van der Waals surface area contributed by atoms with E-state index in [1.807, 2.05) is 6.07 Å². The third-order valence-corrected chi connectivity index (χ3v) is 5.05. The van der Waals surface area contributed by atoms with Crippen LogP contribution in [0.5, 0.6) is 0 Å². The Labute approximate surface area is 109 Å². The number of rotatable bonds is 3. The van der Waals surface area contributed by atoms with Crippen LogP contribution < -0.4 is 5.19 Å². The predicted octanol–water partition coefficient (Wildman–Crippen LogP) is 3.11. The van der Waals surface area contributed by atoms with E-state index in [4.69, 9.17) is 0 Å². The van der Waals surface area contributed by atoms with Crippen LogP contribution in [0.4, 0.5) is 0 Å². The van der Waals surface area contributed by atoms with Crippen molar-refractivity contribution in [2.75, 3.05) is 0 Å². The van der Waals surface area contributed by atoms with Gasteiger partial charge in [-0.1, -0.05) is 49.1 Å². The quantitative estimate of drug-likeness (QED) is 0.623. The van der Waals surface area contributed by atoms with Crippen LogP contribution in [0.3, 0.4) is 0 Å². The molecule has 0 N–H and O–H groups in total. The van der Waals surface area contributed by atoms with E-state index in [-0.39, 0.29) is 0 Å². The highest BCUT2D eigenvalue weighted by Gasteiger charge is 2.15. The maximum Gasteiger partial charge on any atom is 0.151 e. The zero-order valence-electron chi connectivity index (χ0n) is 11.0. The Kier molecular flexibility index (Phi) is 3.43. The fourth-order valence-corrected chi connectivity index (χ4v) is 3.01. The lowest BCUT2D eigenvalue weighted by molar-refractivity contribution is 0.112. The molecule has 0 spiro atoms. The van der Waals surface area contributed by atoms with Gasteiger partial charge in [0.1, 0.15) is 0 Å². The fraction of sp³-hybridized carbons (Fsp3) is 0.200. The van der Waals surface area contributed by atoms with E-state index in [9.17, 15) is 4.79 Å². The smallest absolute Gasteiger partial charge is 0.151 e. The van der Waals surface area contributed by atoms with Crippen LogP contribution >= 0.6 is 0 Å². The third-order valence-electron chi connectivity index (χ3n) is 2.98. The maximum absolute atomic E-state index is 10.7. The molecule has 2 aromatic rings. The fourth-order valence-electron chi connectivity index (χ4n) is 1.84. The largest absolute Gasteiger partial charge is 0.298 e. The van der Waals surface area contributed by atoms with Gasteiger partial charge in [-0.25, -0.2) is 0 Å². The van der Waals surface area contributed by atoms with Crippen molar-refractivity contribution in [3.63, 3.8) is 0 Å². The van der Waals surface area contributed by atoms with Gasteiger partial charge in [0.2, 0.25) is 0 Å². The number of aromatic nitrogens is 1. The number of carbonyl (C=O) groups is 1. The Morgan fingerprint density at radius 3 is 2.22 bits per heavy atom. The summed E-state index contributed by atoms with van der Waals surface area (Å²) < 4.78 is 0. The molecule has 1 aromatic carbocycles. The highest BCUT2D eigenvalue weighted by Crippen LogP contribution is 2.18. The lowest BCUT2D eigenvalue weighted by Crippen LogP contribution is -2.37. The Morgan fingerprint density at radius 1 is 1.00 bits per heavy atom. The lowest BCUT2D eigenvalue weighted by Gasteiger charge is -2.16. The van der Waals surface area contributed by atoms with E-state index in [0.717, 1.165) is 17.4 Å². The summed E-state index contributed by atoms with van der Waals surface area (Å²) in [6, 6.07) is 10.5. The van der Waals surface area contributed by atoms with Crippen molar-refractivity contribution in [1.82, 2.24) is 4.98 Å². The van der Waals surface area contributed by atoms with Gasteiger partial charge in [-0.05, 0) is 11.6 Å². The summed E-state index contributed by atoms with van der Waals surface area (Å²) in [4.78, 5) is 14.8. The van der Waals surface area contributed by atoms with Crippen molar-refractivity contribution < 1.29 is 4.79 Å². The van der Waals surface area contributed by atoms with E-state index in [1.165, 1.54) is 5.19 Å². The van der Waals surface area contributed by atoms with Crippen molar-refractivity contribution in [3.8, 4) is 11.1 Å². The molecule has 2 nitrogen and oxygen atoms in total. The van der Waals surface area contributed by atoms with E-state index in [0.29, 0.717) is 5.56 Å². The second-order valence-corrected chi connectivity index (χ2v) is 10.5. The number of hydrogen-bond donors (Lipinski definition) is 0. The summed E-state index contributed by atoms with van der Waals surface area (Å²) in [7, 11) is -1.25. The van der Waals surface area contributed by atoms with Crippen LogP contribution in [0, 0.1) is 0 Å². The van der Waals surface area contributed by atoms with Crippen LogP contribution in [0.15, 0.2) is 42.7 Å². The Morgan fingerprint density at radius 2 is 1.67 bits per heavy atom. The molecule has 0 unspecified atom stereocenters. The van der Waals surface area contributed by atoms with Gasteiger partial charge in [-0.2, -0.15) is 0 Å². The number of carbonyl (C=O) groups excluding carboxylic acids is 1. The Bertz CT molecular complexity index is 555. The Hall–Kier alpha value is -1.74. The first-order valence-corrected chi connectivity index (χ1v) is 9.52. The van der Waals surface area contributed by atoms with Gasteiger partial charge < -0.3 is 0 Å². The minimum Gasteiger partial charge on any atom is -0.298 e. The second kappa shape index (κ2) is 4.86. The molecule has 2 rings (SSSR count). The monoisotopic (exact) mass is 255 g/mol. The normalized spacial score (nSPS) is 11.3. The summed E-state index contributed by atoms with van der Waals surface area (Å²) in [5.41, 5.74) is 2.71. The number of hydrogen-bond acceptors (Lipinski definition) is 2. The molecule has 3 heteroatoms. The Balaban J connectivity index is 2.37. The molecule has 1 aromatic heterocycles. The van der Waals surface area contributed by atoms with E-state index < -0.39 is 8.07 Å². The van der Waals surface area contributed by atoms with Crippen LogP contribution in [0.1, 0.15) is 10.4 Å². The molecule has 0 bridgehead atoms. The molecule has 0 saturated heterocycles.